The highest BCUT2D eigenvalue weighted by Crippen LogP contribution is 2.28. The lowest BCUT2D eigenvalue weighted by atomic mass is 9.99. The Morgan fingerprint density at radius 1 is 1.06 bits per heavy atom. The molecule has 0 saturated heterocycles. The maximum Gasteiger partial charge on any atom is 0.256 e. The van der Waals surface area contributed by atoms with Crippen molar-refractivity contribution < 1.29 is 9.18 Å². The molecule has 5 heterocycles. The van der Waals surface area contributed by atoms with Crippen molar-refractivity contribution >= 4 is 17.5 Å². The molecule has 0 bridgehead atoms. The van der Waals surface area contributed by atoms with E-state index in [1.54, 1.807) is 44.8 Å². The number of carbonyl (C=O) groups excluding carboxylic acids is 1. The molecule has 5 aromatic rings. The highest BCUT2D eigenvalue weighted by molar-refractivity contribution is 5.97. The lowest BCUT2D eigenvalue weighted by Crippen LogP contribution is -2.37. The summed E-state index contributed by atoms with van der Waals surface area (Å²) >= 11 is 0. The van der Waals surface area contributed by atoms with Crippen LogP contribution in [0.25, 0.3) is 27.9 Å². The standard InChI is InChI=1S/C25H21FN8O/c1-32-13-19(12-29-32)15-2-3-21(26)18(8-15)14-33-6-5-22-20(24(33)35)9-17(11-28-22)16-4-7-34-23(10-16)30-25(27)31-34/h2-4,7-13H,5-6,14H2,1H3,(H2,27,31). The Morgan fingerprint density at radius 3 is 2.74 bits per heavy atom. The van der Waals surface area contributed by atoms with Gasteiger partial charge in [0.2, 0.25) is 5.95 Å². The van der Waals surface area contributed by atoms with E-state index < -0.39 is 0 Å². The Kier molecular flexibility index (Phi) is 4.80. The summed E-state index contributed by atoms with van der Waals surface area (Å²) in [6, 6.07) is 10.5. The van der Waals surface area contributed by atoms with Crippen LogP contribution in [0.2, 0.25) is 0 Å². The highest BCUT2D eigenvalue weighted by Gasteiger charge is 2.27. The predicted molar refractivity (Wildman–Crippen MR) is 128 cm³/mol. The van der Waals surface area contributed by atoms with Crippen molar-refractivity contribution in [2.24, 2.45) is 7.05 Å². The van der Waals surface area contributed by atoms with Crippen LogP contribution < -0.4 is 5.73 Å². The van der Waals surface area contributed by atoms with E-state index in [0.717, 1.165) is 27.9 Å². The molecule has 2 N–H and O–H groups in total. The number of fused-ring (bicyclic) bond motifs is 2. The van der Waals surface area contributed by atoms with Crippen molar-refractivity contribution in [3.63, 3.8) is 0 Å². The van der Waals surface area contributed by atoms with E-state index in [9.17, 15) is 9.18 Å². The van der Waals surface area contributed by atoms with E-state index >= 15 is 0 Å². The summed E-state index contributed by atoms with van der Waals surface area (Å²) in [5, 5.41) is 8.27. The SMILES string of the molecule is Cn1cc(-c2ccc(F)c(CN3CCc4ncc(-c5ccn6nc(N)nc6c5)cc4C3=O)c2)cn1. The number of hydrogen-bond donors (Lipinski definition) is 1. The summed E-state index contributed by atoms with van der Waals surface area (Å²) < 4.78 is 18.0. The molecule has 1 aromatic carbocycles. The van der Waals surface area contributed by atoms with E-state index in [4.69, 9.17) is 5.73 Å². The molecule has 1 aliphatic rings. The monoisotopic (exact) mass is 468 g/mol. The first-order chi connectivity index (χ1) is 16.9. The van der Waals surface area contributed by atoms with Gasteiger partial charge in [0.15, 0.2) is 5.65 Å². The largest absolute Gasteiger partial charge is 0.366 e. The van der Waals surface area contributed by atoms with E-state index in [0.29, 0.717) is 29.7 Å². The molecular weight excluding hydrogens is 447 g/mol. The second-order valence-corrected chi connectivity index (χ2v) is 8.59. The van der Waals surface area contributed by atoms with Crippen molar-refractivity contribution in [1.29, 1.82) is 0 Å². The summed E-state index contributed by atoms with van der Waals surface area (Å²) in [5.41, 5.74) is 11.4. The molecule has 0 atom stereocenters. The van der Waals surface area contributed by atoms with Crippen LogP contribution in [-0.2, 0) is 20.0 Å². The zero-order chi connectivity index (χ0) is 24.1. The predicted octanol–water partition coefficient (Wildman–Crippen LogP) is 3.11. The van der Waals surface area contributed by atoms with Gasteiger partial charge in [0, 0.05) is 61.8 Å². The average Bonchev–Trinajstić information content (AvgIpc) is 3.46. The van der Waals surface area contributed by atoms with Crippen molar-refractivity contribution in [2.75, 3.05) is 12.3 Å². The minimum Gasteiger partial charge on any atom is -0.366 e. The van der Waals surface area contributed by atoms with Crippen LogP contribution in [0.5, 0.6) is 0 Å². The highest BCUT2D eigenvalue weighted by atomic mass is 19.1. The number of anilines is 1. The molecule has 6 rings (SSSR count). The maximum absolute atomic E-state index is 14.7. The number of aromatic nitrogens is 6. The van der Waals surface area contributed by atoms with E-state index in [1.807, 2.05) is 31.4 Å². The maximum atomic E-state index is 14.7. The summed E-state index contributed by atoms with van der Waals surface area (Å²) in [4.78, 5) is 23.8. The molecule has 0 unspecified atom stereocenters. The second-order valence-electron chi connectivity index (χ2n) is 8.59. The molecule has 0 saturated carbocycles. The molecule has 0 radical (unpaired) electrons. The lowest BCUT2D eigenvalue weighted by molar-refractivity contribution is 0.0723. The van der Waals surface area contributed by atoms with Crippen LogP contribution in [-0.4, -0.2) is 46.7 Å². The first kappa shape index (κ1) is 21.0. The van der Waals surface area contributed by atoms with Crippen LogP contribution in [0.15, 0.2) is 61.2 Å². The molecule has 35 heavy (non-hydrogen) atoms. The van der Waals surface area contributed by atoms with Gasteiger partial charge in [-0.05, 0) is 41.5 Å². The molecule has 1 amide bonds. The number of carbonyl (C=O) groups is 1. The van der Waals surface area contributed by atoms with Crippen molar-refractivity contribution in [3.8, 4) is 22.3 Å². The molecule has 0 spiro atoms. The molecule has 10 heteroatoms. The number of hydrogen-bond acceptors (Lipinski definition) is 6. The Bertz CT molecular complexity index is 1600. The third kappa shape index (κ3) is 3.78. The number of aryl methyl sites for hydroxylation is 1. The first-order valence-electron chi connectivity index (χ1n) is 11.1. The summed E-state index contributed by atoms with van der Waals surface area (Å²) in [5.74, 6) is -0.319. The molecule has 0 aliphatic carbocycles. The number of halogens is 1. The van der Waals surface area contributed by atoms with Gasteiger partial charge in [-0.15, -0.1) is 5.10 Å². The molecule has 0 fully saturated rings. The zero-order valence-corrected chi connectivity index (χ0v) is 18.9. The molecule has 9 nitrogen and oxygen atoms in total. The second kappa shape index (κ2) is 8.01. The zero-order valence-electron chi connectivity index (χ0n) is 18.9. The van der Waals surface area contributed by atoms with Crippen LogP contribution >= 0.6 is 0 Å². The topological polar surface area (TPSA) is 107 Å². The van der Waals surface area contributed by atoms with Crippen molar-refractivity contribution in [2.45, 2.75) is 13.0 Å². The third-order valence-corrected chi connectivity index (χ3v) is 6.24. The van der Waals surface area contributed by atoms with E-state index in [2.05, 4.69) is 20.2 Å². The number of pyridine rings is 2. The van der Waals surface area contributed by atoms with Crippen LogP contribution in [0.3, 0.4) is 0 Å². The molecular formula is C25H21FN8O. The number of nitrogen functional groups attached to an aromatic ring is 1. The van der Waals surface area contributed by atoms with Crippen molar-refractivity contribution in [1.82, 2.24) is 34.3 Å². The number of rotatable bonds is 4. The summed E-state index contributed by atoms with van der Waals surface area (Å²) in [7, 11) is 1.83. The van der Waals surface area contributed by atoms with Gasteiger partial charge in [0.05, 0.1) is 17.5 Å². The van der Waals surface area contributed by atoms with Crippen LogP contribution in [0.1, 0.15) is 21.6 Å². The first-order valence-corrected chi connectivity index (χ1v) is 11.1. The quantitative estimate of drug-likeness (QED) is 0.434. The fourth-order valence-corrected chi connectivity index (χ4v) is 4.43. The number of amides is 1. The van der Waals surface area contributed by atoms with E-state index in [-0.39, 0.29) is 24.2 Å². The summed E-state index contributed by atoms with van der Waals surface area (Å²) in [6.45, 7) is 0.646. The average molecular weight is 468 g/mol. The number of benzene rings is 1. The van der Waals surface area contributed by atoms with E-state index in [1.165, 1.54) is 6.07 Å². The molecule has 4 aromatic heterocycles. The molecule has 174 valence electrons. The minimum absolute atomic E-state index is 0.167. The number of nitrogens with two attached hydrogens (primary N) is 1. The van der Waals surface area contributed by atoms with Gasteiger partial charge in [-0.3, -0.25) is 14.5 Å². The fourth-order valence-electron chi connectivity index (χ4n) is 4.43. The van der Waals surface area contributed by atoms with Crippen molar-refractivity contribution in [3.05, 3.63) is 83.8 Å². The lowest BCUT2D eigenvalue weighted by Gasteiger charge is -2.28. The van der Waals surface area contributed by atoms with Gasteiger partial charge in [0.1, 0.15) is 5.82 Å². The Morgan fingerprint density at radius 2 is 1.91 bits per heavy atom. The van der Waals surface area contributed by atoms with Gasteiger partial charge >= 0.3 is 0 Å². The van der Waals surface area contributed by atoms with Gasteiger partial charge in [-0.1, -0.05) is 6.07 Å². The molecule has 1 aliphatic heterocycles. The van der Waals surface area contributed by atoms with Crippen LogP contribution in [0.4, 0.5) is 10.3 Å². The summed E-state index contributed by atoms with van der Waals surface area (Å²) in [6.07, 6.45) is 7.73. The fraction of sp³-hybridized carbons (Fsp3) is 0.160. The Balaban J connectivity index is 1.29. The van der Waals surface area contributed by atoms with Crippen LogP contribution in [0, 0.1) is 5.82 Å². The normalized spacial score (nSPS) is 13.4. The Hall–Kier alpha value is -4.60. The Labute approximate surface area is 199 Å². The van der Waals surface area contributed by atoms with Gasteiger partial charge in [0.25, 0.3) is 5.91 Å². The van der Waals surface area contributed by atoms with Gasteiger partial charge in [-0.25, -0.2) is 8.91 Å². The number of nitrogens with zero attached hydrogens (tertiary/aromatic N) is 7. The third-order valence-electron chi connectivity index (χ3n) is 6.24. The smallest absolute Gasteiger partial charge is 0.256 e. The van der Waals surface area contributed by atoms with Gasteiger partial charge in [-0.2, -0.15) is 10.1 Å². The van der Waals surface area contributed by atoms with Gasteiger partial charge < -0.3 is 10.6 Å². The minimum atomic E-state index is -0.344.